The molecular formula is C76H131NO13. The van der Waals surface area contributed by atoms with Gasteiger partial charge in [0.2, 0.25) is 5.91 Å². The minimum absolute atomic E-state index is 0.253. The van der Waals surface area contributed by atoms with Gasteiger partial charge in [-0.1, -0.05) is 277 Å². The van der Waals surface area contributed by atoms with Crippen LogP contribution in [0, 0.1) is 0 Å². The molecule has 0 aromatic heterocycles. The van der Waals surface area contributed by atoms with Crippen molar-refractivity contribution in [1.82, 2.24) is 5.32 Å². The van der Waals surface area contributed by atoms with Crippen molar-refractivity contribution >= 4 is 5.91 Å². The van der Waals surface area contributed by atoms with Gasteiger partial charge in [-0.3, -0.25) is 4.79 Å². The predicted octanol–water partition coefficient (Wildman–Crippen LogP) is 15.1. The van der Waals surface area contributed by atoms with Crippen LogP contribution < -0.4 is 5.32 Å². The molecule has 9 N–H and O–H groups in total. The van der Waals surface area contributed by atoms with Gasteiger partial charge < -0.3 is 65.1 Å². The molecule has 2 saturated heterocycles. The van der Waals surface area contributed by atoms with Gasteiger partial charge in [0.15, 0.2) is 12.6 Å². The summed E-state index contributed by atoms with van der Waals surface area (Å²) in [6.07, 6.45) is 68.9. The quantitative estimate of drug-likeness (QED) is 0.0204. The number of ether oxygens (including phenoxy) is 4. The highest BCUT2D eigenvalue weighted by atomic mass is 16.7. The smallest absolute Gasteiger partial charge is 0.220 e. The van der Waals surface area contributed by atoms with Gasteiger partial charge in [-0.25, -0.2) is 0 Å². The predicted molar refractivity (Wildman–Crippen MR) is 369 cm³/mol. The summed E-state index contributed by atoms with van der Waals surface area (Å²) in [4.78, 5) is 13.3. The molecule has 90 heavy (non-hydrogen) atoms. The van der Waals surface area contributed by atoms with Crippen LogP contribution in [0.4, 0.5) is 0 Å². The third kappa shape index (κ3) is 42.8. The summed E-state index contributed by atoms with van der Waals surface area (Å²) in [5.41, 5.74) is 0. The first-order valence-corrected chi connectivity index (χ1v) is 36.1. The van der Waals surface area contributed by atoms with E-state index in [2.05, 4.69) is 116 Å². The maximum absolute atomic E-state index is 13.3. The summed E-state index contributed by atoms with van der Waals surface area (Å²) in [5.74, 6) is -0.253. The molecule has 2 rings (SSSR count). The largest absolute Gasteiger partial charge is 0.394 e. The average molecular weight is 1270 g/mol. The summed E-state index contributed by atoms with van der Waals surface area (Å²) in [6, 6.07) is -0.941. The molecular weight excluding hydrogens is 1130 g/mol. The molecule has 0 spiro atoms. The van der Waals surface area contributed by atoms with Crippen LogP contribution >= 0.6 is 0 Å². The highest BCUT2D eigenvalue weighted by molar-refractivity contribution is 5.76. The van der Waals surface area contributed by atoms with Gasteiger partial charge in [0.1, 0.15) is 48.8 Å². The lowest BCUT2D eigenvalue weighted by Crippen LogP contribution is -2.65. The zero-order chi connectivity index (χ0) is 65.2. The Kier molecular flexibility index (Phi) is 54.6. The number of aliphatic hydroxyl groups is 8. The fourth-order valence-electron chi connectivity index (χ4n) is 11.2. The Bertz CT molecular complexity index is 1930. The zero-order valence-electron chi connectivity index (χ0n) is 56.3. The molecule has 14 heteroatoms. The molecule has 0 bridgehead atoms. The molecule has 2 aliphatic rings. The van der Waals surface area contributed by atoms with Gasteiger partial charge in [0.25, 0.3) is 0 Å². The van der Waals surface area contributed by atoms with E-state index in [-0.39, 0.29) is 18.9 Å². The molecule has 12 atom stereocenters. The van der Waals surface area contributed by atoms with E-state index in [1.54, 1.807) is 6.08 Å². The fraction of sp³-hybridized carbons (Fsp3) is 0.750. The molecule has 2 fully saturated rings. The topological polar surface area (TPSA) is 228 Å². The molecule has 0 saturated carbocycles. The first kappa shape index (κ1) is 82.7. The van der Waals surface area contributed by atoms with Gasteiger partial charge in [0, 0.05) is 6.42 Å². The number of aliphatic hydroxyl groups excluding tert-OH is 8. The number of rotatable bonds is 58. The van der Waals surface area contributed by atoms with Crippen LogP contribution in [0.25, 0.3) is 0 Å². The summed E-state index contributed by atoms with van der Waals surface area (Å²) < 4.78 is 22.8. The molecule has 518 valence electrons. The Balaban J connectivity index is 1.57. The number of amides is 1. The van der Waals surface area contributed by atoms with Crippen LogP contribution in [-0.2, 0) is 23.7 Å². The van der Waals surface area contributed by atoms with E-state index in [1.165, 1.54) is 154 Å². The summed E-state index contributed by atoms with van der Waals surface area (Å²) in [7, 11) is 0. The molecule has 12 unspecified atom stereocenters. The maximum Gasteiger partial charge on any atom is 0.220 e. The van der Waals surface area contributed by atoms with Crippen LogP contribution in [0.3, 0.4) is 0 Å². The van der Waals surface area contributed by atoms with Gasteiger partial charge in [-0.2, -0.15) is 0 Å². The van der Waals surface area contributed by atoms with E-state index < -0.39 is 86.8 Å². The highest BCUT2D eigenvalue weighted by Gasteiger charge is 2.51. The van der Waals surface area contributed by atoms with Crippen LogP contribution in [0.2, 0.25) is 0 Å². The average Bonchev–Trinajstić information content (AvgIpc) is 1.58. The van der Waals surface area contributed by atoms with E-state index in [4.69, 9.17) is 18.9 Å². The summed E-state index contributed by atoms with van der Waals surface area (Å²) in [6.45, 7) is 2.65. The van der Waals surface area contributed by atoms with Crippen molar-refractivity contribution in [3.63, 3.8) is 0 Å². The number of carbonyl (C=O) groups is 1. The molecule has 1 amide bonds. The summed E-state index contributed by atoms with van der Waals surface area (Å²) >= 11 is 0. The van der Waals surface area contributed by atoms with E-state index in [0.29, 0.717) is 12.8 Å². The summed E-state index contributed by atoms with van der Waals surface area (Å²) in [5, 5.41) is 87.3. The first-order chi connectivity index (χ1) is 44.1. The molecule has 0 aromatic carbocycles. The van der Waals surface area contributed by atoms with Gasteiger partial charge >= 0.3 is 0 Å². The monoisotopic (exact) mass is 1270 g/mol. The third-order valence-electron chi connectivity index (χ3n) is 16.9. The SMILES string of the molecule is CC/C=C\C/C=C\C/C=C\C/C=C\C/C=C\C/C=C\CCCCCCCCCCCCCCCCCCCCCCCCC(=O)NC(COC1OC(CO)C(OC2OC(CO)C(O)C(O)C2O)C(O)C1O)C(O)/C=C/CC/C=C/CC/C=C/CCCCCCC. The van der Waals surface area contributed by atoms with Crippen LogP contribution in [0.15, 0.2) is 109 Å². The van der Waals surface area contributed by atoms with Gasteiger partial charge in [-0.15, -0.1) is 0 Å². The molecule has 0 aliphatic carbocycles. The first-order valence-electron chi connectivity index (χ1n) is 36.1. The Morgan fingerprint density at radius 1 is 0.411 bits per heavy atom. The van der Waals surface area contributed by atoms with Crippen molar-refractivity contribution in [3.8, 4) is 0 Å². The lowest BCUT2D eigenvalue weighted by Gasteiger charge is -2.46. The number of hydrogen-bond acceptors (Lipinski definition) is 13. The highest BCUT2D eigenvalue weighted by Crippen LogP contribution is 2.30. The Morgan fingerprint density at radius 3 is 1.22 bits per heavy atom. The second kappa shape index (κ2) is 59.4. The lowest BCUT2D eigenvalue weighted by atomic mass is 9.97. The van der Waals surface area contributed by atoms with Gasteiger partial charge in [0.05, 0.1) is 32.0 Å². The van der Waals surface area contributed by atoms with Crippen molar-refractivity contribution in [2.45, 2.75) is 344 Å². The van der Waals surface area contributed by atoms with Crippen molar-refractivity contribution in [3.05, 3.63) is 109 Å². The molecule has 14 nitrogen and oxygen atoms in total. The van der Waals surface area contributed by atoms with E-state index in [1.807, 2.05) is 6.08 Å². The minimum atomic E-state index is -1.80. The van der Waals surface area contributed by atoms with E-state index >= 15 is 0 Å². The van der Waals surface area contributed by atoms with Crippen LogP contribution in [-0.4, -0.2) is 140 Å². The number of allylic oxidation sites excluding steroid dienone is 17. The van der Waals surface area contributed by atoms with E-state index in [0.717, 1.165) is 83.5 Å². The normalized spacial score (nSPS) is 23.6. The minimum Gasteiger partial charge on any atom is -0.394 e. The number of nitrogens with one attached hydrogen (secondary N) is 1. The van der Waals surface area contributed by atoms with Gasteiger partial charge in [-0.05, 0) is 96.3 Å². The number of unbranched alkanes of at least 4 members (excludes halogenated alkanes) is 29. The second-order valence-electron chi connectivity index (χ2n) is 25.0. The fourth-order valence-corrected chi connectivity index (χ4v) is 11.2. The van der Waals surface area contributed by atoms with Crippen molar-refractivity contribution in [1.29, 1.82) is 0 Å². The van der Waals surface area contributed by atoms with E-state index in [9.17, 15) is 45.6 Å². The Hall–Kier alpha value is -3.35. The van der Waals surface area contributed by atoms with Crippen molar-refractivity contribution in [2.24, 2.45) is 0 Å². The molecule has 2 aliphatic heterocycles. The van der Waals surface area contributed by atoms with Crippen molar-refractivity contribution < 1.29 is 64.6 Å². The number of hydrogen-bond donors (Lipinski definition) is 9. The van der Waals surface area contributed by atoms with Crippen LogP contribution in [0.5, 0.6) is 0 Å². The second-order valence-corrected chi connectivity index (χ2v) is 25.0. The standard InChI is InChI=1S/C76H131NO13/c1-3-5-7-9-11-13-15-17-19-20-21-22-23-24-25-26-27-28-29-30-31-32-33-34-35-36-37-38-39-40-41-42-43-44-46-48-50-52-54-56-58-60-68(81)77-64(65(80)59-57-55-53-51-49-47-45-18-16-14-12-10-8-6-4-2)63-87-75-73(86)71(84)74(67(62-79)89-75)90-76-72(85)70(83)69(82)66(61-78)88-76/h5,7,11,13,16-19,21-22,24-25,27-28,49,51,57,59,64-67,69-76,78-80,82-86H,3-4,6,8-10,12,14-15,20,23,26,29-48,50,52-56,58,60-63H2,1-2H3,(H,77,81)/b7-5-,13-11-,18-16+,19-17-,22-21-,25-24-,28-27-,51-49+,59-57+. The third-order valence-corrected chi connectivity index (χ3v) is 16.9. The maximum atomic E-state index is 13.3. The van der Waals surface area contributed by atoms with Crippen LogP contribution in [0.1, 0.15) is 271 Å². The Labute approximate surface area is 546 Å². The molecule has 0 radical (unpaired) electrons. The zero-order valence-corrected chi connectivity index (χ0v) is 56.3. The van der Waals surface area contributed by atoms with Crippen molar-refractivity contribution in [2.75, 3.05) is 19.8 Å². The Morgan fingerprint density at radius 2 is 0.778 bits per heavy atom. The molecule has 0 aromatic rings. The number of carbonyl (C=O) groups excluding carboxylic acids is 1. The lowest BCUT2D eigenvalue weighted by molar-refractivity contribution is -0.359. The molecule has 2 heterocycles.